The van der Waals surface area contributed by atoms with E-state index in [1.165, 1.54) is 17.0 Å². The molecule has 1 aromatic carbocycles. The number of piperazine rings is 1. The second kappa shape index (κ2) is 9.82. The number of hydrogen-bond donors (Lipinski definition) is 2. The first-order chi connectivity index (χ1) is 13.1. The van der Waals surface area contributed by atoms with Crippen LogP contribution in [0.25, 0.3) is 0 Å². The Labute approximate surface area is 164 Å². The molecule has 1 aliphatic rings. The first kappa shape index (κ1) is 19.8. The summed E-state index contributed by atoms with van der Waals surface area (Å²) in [7, 11) is 2.14. The number of carbonyl (C=O) groups excluding carboxylic acids is 1. The van der Waals surface area contributed by atoms with Crippen molar-refractivity contribution in [1.82, 2.24) is 20.4 Å². The molecule has 27 heavy (non-hydrogen) atoms. The third-order valence-corrected chi connectivity index (χ3v) is 5.89. The van der Waals surface area contributed by atoms with Crippen molar-refractivity contribution in [3.05, 3.63) is 58.0 Å². The predicted molar refractivity (Wildman–Crippen MR) is 108 cm³/mol. The minimum absolute atomic E-state index is 0.159. The summed E-state index contributed by atoms with van der Waals surface area (Å²) in [5.74, 6) is -0.243. The Kier molecular flexibility index (Phi) is 7.20. The Bertz CT molecular complexity index is 699. The van der Waals surface area contributed by atoms with Gasteiger partial charge in [0.1, 0.15) is 5.82 Å². The zero-order chi connectivity index (χ0) is 19.1. The van der Waals surface area contributed by atoms with Crippen LogP contribution in [-0.4, -0.2) is 62.1 Å². The molecule has 146 valence electrons. The molecule has 1 saturated heterocycles. The van der Waals surface area contributed by atoms with Gasteiger partial charge in [-0.3, -0.25) is 4.90 Å². The third-order valence-electron chi connectivity index (χ3n) is 4.92. The van der Waals surface area contributed by atoms with Gasteiger partial charge in [0.25, 0.3) is 0 Å². The summed E-state index contributed by atoms with van der Waals surface area (Å²) in [6, 6.07) is 10.6. The highest BCUT2D eigenvalue weighted by molar-refractivity contribution is 7.10. The fourth-order valence-electron chi connectivity index (χ4n) is 3.25. The lowest BCUT2D eigenvalue weighted by Gasteiger charge is -2.37. The molecule has 2 amide bonds. The summed E-state index contributed by atoms with van der Waals surface area (Å²) in [4.78, 5) is 18.3. The van der Waals surface area contributed by atoms with E-state index in [9.17, 15) is 9.18 Å². The highest BCUT2D eigenvalue weighted by Gasteiger charge is 2.25. The summed E-state index contributed by atoms with van der Waals surface area (Å²) in [6.07, 6.45) is 0.681. The topological polar surface area (TPSA) is 47.6 Å². The van der Waals surface area contributed by atoms with Gasteiger partial charge in [-0.15, -0.1) is 11.3 Å². The van der Waals surface area contributed by atoms with Crippen molar-refractivity contribution in [1.29, 1.82) is 0 Å². The van der Waals surface area contributed by atoms with Crippen LogP contribution in [0.4, 0.5) is 9.18 Å². The predicted octanol–water partition coefficient (Wildman–Crippen LogP) is 2.72. The molecule has 0 bridgehead atoms. The number of nitrogens with one attached hydrogen (secondary N) is 2. The van der Waals surface area contributed by atoms with Crippen molar-refractivity contribution < 1.29 is 9.18 Å². The number of halogens is 1. The second-order valence-corrected chi connectivity index (χ2v) is 7.86. The average molecular weight is 391 g/mol. The number of hydrogen-bond acceptors (Lipinski definition) is 4. The summed E-state index contributed by atoms with van der Waals surface area (Å²) < 4.78 is 12.9. The molecular formula is C20H27FN4OS. The minimum atomic E-state index is -0.243. The van der Waals surface area contributed by atoms with Gasteiger partial charge in [-0.25, -0.2) is 9.18 Å². The molecular weight excluding hydrogens is 363 g/mol. The van der Waals surface area contributed by atoms with Gasteiger partial charge < -0.3 is 15.5 Å². The number of thiophene rings is 1. The zero-order valence-corrected chi connectivity index (χ0v) is 16.5. The fourth-order valence-corrected chi connectivity index (χ4v) is 4.11. The number of nitrogens with zero attached hydrogens (tertiary/aromatic N) is 2. The molecule has 0 radical (unpaired) electrons. The van der Waals surface area contributed by atoms with Crippen molar-refractivity contribution in [3.63, 3.8) is 0 Å². The van der Waals surface area contributed by atoms with Crippen LogP contribution < -0.4 is 10.6 Å². The van der Waals surface area contributed by atoms with Gasteiger partial charge in [0.15, 0.2) is 0 Å². The monoisotopic (exact) mass is 390 g/mol. The molecule has 2 N–H and O–H groups in total. The molecule has 1 aromatic heterocycles. The summed E-state index contributed by atoms with van der Waals surface area (Å²) in [5, 5.41) is 7.99. The van der Waals surface area contributed by atoms with Crippen LogP contribution in [0.5, 0.6) is 0 Å². The molecule has 2 heterocycles. The average Bonchev–Trinajstić information content (AvgIpc) is 3.19. The van der Waals surface area contributed by atoms with Crippen LogP contribution in [0.2, 0.25) is 0 Å². The molecule has 2 aromatic rings. The van der Waals surface area contributed by atoms with E-state index >= 15 is 0 Å². The van der Waals surface area contributed by atoms with Gasteiger partial charge in [0, 0.05) is 44.1 Å². The number of urea groups is 1. The fraction of sp³-hybridized carbons (Fsp3) is 0.450. The Balaban J connectivity index is 1.46. The Hall–Kier alpha value is -1.96. The maximum Gasteiger partial charge on any atom is 0.314 e. The number of likely N-dealkylation sites (N-methyl/N-ethyl adjacent to an activating group) is 1. The summed E-state index contributed by atoms with van der Waals surface area (Å²) >= 11 is 1.74. The minimum Gasteiger partial charge on any atom is -0.338 e. The van der Waals surface area contributed by atoms with E-state index in [-0.39, 0.29) is 17.9 Å². The van der Waals surface area contributed by atoms with Gasteiger partial charge in [-0.05, 0) is 42.6 Å². The Morgan fingerprint density at radius 3 is 2.56 bits per heavy atom. The summed E-state index contributed by atoms with van der Waals surface area (Å²) in [5.41, 5.74) is 1.01. The molecule has 5 nitrogen and oxygen atoms in total. The number of benzene rings is 1. The van der Waals surface area contributed by atoms with E-state index in [4.69, 9.17) is 0 Å². The van der Waals surface area contributed by atoms with E-state index in [1.807, 2.05) is 0 Å². The quantitative estimate of drug-likeness (QED) is 0.764. The molecule has 0 spiro atoms. The van der Waals surface area contributed by atoms with Crippen LogP contribution in [0, 0.1) is 5.82 Å². The van der Waals surface area contributed by atoms with Crippen molar-refractivity contribution in [2.75, 3.05) is 46.3 Å². The van der Waals surface area contributed by atoms with E-state index in [0.717, 1.165) is 31.7 Å². The Morgan fingerprint density at radius 2 is 1.89 bits per heavy atom. The van der Waals surface area contributed by atoms with Crippen LogP contribution in [0.15, 0.2) is 41.8 Å². The molecule has 1 fully saturated rings. The van der Waals surface area contributed by atoms with E-state index in [2.05, 4.69) is 45.0 Å². The van der Waals surface area contributed by atoms with Crippen LogP contribution in [0.3, 0.4) is 0 Å². The van der Waals surface area contributed by atoms with Crippen molar-refractivity contribution in [3.8, 4) is 0 Å². The van der Waals surface area contributed by atoms with E-state index in [0.29, 0.717) is 19.5 Å². The number of amides is 2. The molecule has 1 aliphatic heterocycles. The van der Waals surface area contributed by atoms with Crippen molar-refractivity contribution in [2.45, 2.75) is 12.5 Å². The van der Waals surface area contributed by atoms with Gasteiger partial charge >= 0.3 is 6.03 Å². The van der Waals surface area contributed by atoms with Gasteiger partial charge in [0.05, 0.1) is 6.04 Å². The molecule has 0 saturated carbocycles. The maximum atomic E-state index is 12.9. The zero-order valence-electron chi connectivity index (χ0n) is 15.7. The van der Waals surface area contributed by atoms with Gasteiger partial charge in [-0.2, -0.15) is 0 Å². The first-order valence-corrected chi connectivity index (χ1v) is 10.2. The third kappa shape index (κ3) is 6.02. The SMILES string of the molecule is CN1CCN(C(CNC(=O)NCCc2ccc(F)cc2)c2cccs2)CC1. The smallest absolute Gasteiger partial charge is 0.314 e. The lowest BCUT2D eigenvalue weighted by Crippen LogP contribution is -2.49. The highest BCUT2D eigenvalue weighted by atomic mass is 32.1. The molecule has 3 rings (SSSR count). The molecule has 1 unspecified atom stereocenters. The highest BCUT2D eigenvalue weighted by Crippen LogP contribution is 2.25. The molecule has 0 aliphatic carbocycles. The van der Waals surface area contributed by atoms with Crippen LogP contribution in [0.1, 0.15) is 16.5 Å². The molecule has 7 heteroatoms. The van der Waals surface area contributed by atoms with E-state index < -0.39 is 0 Å². The maximum absolute atomic E-state index is 12.9. The van der Waals surface area contributed by atoms with Crippen molar-refractivity contribution >= 4 is 17.4 Å². The Morgan fingerprint density at radius 1 is 1.15 bits per heavy atom. The molecule has 1 atom stereocenters. The largest absolute Gasteiger partial charge is 0.338 e. The number of carbonyl (C=O) groups is 1. The van der Waals surface area contributed by atoms with E-state index in [1.54, 1.807) is 23.5 Å². The number of rotatable bonds is 7. The second-order valence-electron chi connectivity index (χ2n) is 6.88. The normalized spacial score (nSPS) is 16.8. The van der Waals surface area contributed by atoms with Crippen molar-refractivity contribution in [2.24, 2.45) is 0 Å². The lowest BCUT2D eigenvalue weighted by molar-refractivity contribution is 0.112. The first-order valence-electron chi connectivity index (χ1n) is 9.34. The standard InChI is InChI=1S/C20H27FN4OS/c1-24-10-12-25(13-11-24)18(19-3-2-14-27-19)15-23-20(26)22-9-8-16-4-6-17(21)7-5-16/h2-7,14,18H,8-13,15H2,1H3,(H2,22,23,26). The van der Waals surface area contributed by atoms with Gasteiger partial charge in [-0.1, -0.05) is 18.2 Å². The van der Waals surface area contributed by atoms with Crippen LogP contribution >= 0.6 is 11.3 Å². The lowest BCUT2D eigenvalue weighted by atomic mass is 10.1. The summed E-state index contributed by atoms with van der Waals surface area (Å²) in [6.45, 7) is 5.22. The van der Waals surface area contributed by atoms with Gasteiger partial charge in [0.2, 0.25) is 0 Å². The van der Waals surface area contributed by atoms with Crippen LogP contribution in [-0.2, 0) is 6.42 Å².